The van der Waals surface area contributed by atoms with Gasteiger partial charge in [-0.1, -0.05) is 29.8 Å². The fourth-order valence-corrected chi connectivity index (χ4v) is 3.24. The molecule has 0 aromatic heterocycles. The first-order valence-corrected chi connectivity index (χ1v) is 8.36. The number of benzene rings is 1. The van der Waals surface area contributed by atoms with Crippen LogP contribution in [0, 0.1) is 6.92 Å². The van der Waals surface area contributed by atoms with Gasteiger partial charge in [-0.3, -0.25) is 19.6 Å². The molecule has 1 aliphatic rings. The number of hydrogen-bond acceptors (Lipinski definition) is 4. The Bertz CT molecular complexity index is 659. The van der Waals surface area contributed by atoms with Crippen LogP contribution in [-0.2, 0) is 19.8 Å². The van der Waals surface area contributed by atoms with Crippen LogP contribution in [0.4, 0.5) is 0 Å². The minimum absolute atomic E-state index is 0.146. The Morgan fingerprint density at radius 3 is 2.52 bits per heavy atom. The van der Waals surface area contributed by atoms with Crippen molar-refractivity contribution in [2.75, 3.05) is 13.1 Å². The second-order valence-electron chi connectivity index (χ2n) is 6.71. The summed E-state index contributed by atoms with van der Waals surface area (Å²) in [5.74, 6) is -1.000. The Hall–Kier alpha value is -2.41. The fourth-order valence-electron chi connectivity index (χ4n) is 3.24. The van der Waals surface area contributed by atoms with Crippen LogP contribution in [0.5, 0.6) is 0 Å². The van der Waals surface area contributed by atoms with Crippen LogP contribution in [0.2, 0.25) is 0 Å². The summed E-state index contributed by atoms with van der Waals surface area (Å²) >= 11 is 0. The normalized spacial score (nSPS) is 21.1. The van der Waals surface area contributed by atoms with E-state index in [1.807, 2.05) is 38.1 Å². The Kier molecular flexibility index (Phi) is 5.79. The molecular formula is C18H25N3O4. The highest BCUT2D eigenvalue weighted by molar-refractivity contribution is 5.94. The van der Waals surface area contributed by atoms with Gasteiger partial charge < -0.3 is 10.2 Å². The number of carbonyl (C=O) groups excluding carboxylic acids is 3. The molecule has 2 atom stereocenters. The number of aryl methyl sites for hydroxylation is 1. The zero-order chi connectivity index (χ0) is 18.6. The Morgan fingerprint density at radius 2 is 1.96 bits per heavy atom. The van der Waals surface area contributed by atoms with Crippen molar-refractivity contribution in [2.45, 2.75) is 45.1 Å². The third kappa shape index (κ3) is 3.99. The molecule has 1 aromatic rings. The molecule has 3 amide bonds. The summed E-state index contributed by atoms with van der Waals surface area (Å²) < 4.78 is 0. The lowest BCUT2D eigenvalue weighted by Gasteiger charge is -2.29. The van der Waals surface area contributed by atoms with E-state index in [1.165, 1.54) is 11.8 Å². The van der Waals surface area contributed by atoms with Crippen LogP contribution in [-0.4, -0.2) is 47.0 Å². The predicted molar refractivity (Wildman–Crippen MR) is 91.9 cm³/mol. The van der Waals surface area contributed by atoms with Gasteiger partial charge in [0.15, 0.2) is 0 Å². The summed E-state index contributed by atoms with van der Waals surface area (Å²) in [6, 6.07) is 6.98. The zero-order valence-electron chi connectivity index (χ0n) is 14.8. The second kappa shape index (κ2) is 7.65. The highest BCUT2D eigenvalue weighted by Gasteiger charge is 2.47. The minimum atomic E-state index is -0.823. The lowest BCUT2D eigenvalue weighted by atomic mass is 9.81. The summed E-state index contributed by atoms with van der Waals surface area (Å²) in [4.78, 5) is 37.6. The van der Waals surface area contributed by atoms with Crippen LogP contribution in [0.1, 0.15) is 37.8 Å². The van der Waals surface area contributed by atoms with Crippen molar-refractivity contribution < 1.29 is 19.6 Å². The maximum Gasteiger partial charge on any atom is 0.266 e. The molecule has 7 nitrogen and oxygen atoms in total. The van der Waals surface area contributed by atoms with Gasteiger partial charge in [-0.05, 0) is 32.3 Å². The van der Waals surface area contributed by atoms with E-state index in [2.05, 4.69) is 5.32 Å². The summed E-state index contributed by atoms with van der Waals surface area (Å²) in [5.41, 5.74) is 2.96. The number of likely N-dealkylation sites (tertiary alicyclic amines) is 1. The molecule has 7 heteroatoms. The number of nitrogens with zero attached hydrogens (tertiary/aromatic N) is 1. The molecule has 25 heavy (non-hydrogen) atoms. The van der Waals surface area contributed by atoms with E-state index < -0.39 is 17.4 Å². The molecule has 1 heterocycles. The van der Waals surface area contributed by atoms with Crippen molar-refractivity contribution in [3.05, 3.63) is 35.4 Å². The van der Waals surface area contributed by atoms with Crippen LogP contribution in [0.15, 0.2) is 24.3 Å². The predicted octanol–water partition coefficient (Wildman–Crippen LogP) is 0.885. The van der Waals surface area contributed by atoms with Crippen molar-refractivity contribution in [3.8, 4) is 0 Å². The van der Waals surface area contributed by atoms with Crippen LogP contribution in [0.25, 0.3) is 0 Å². The van der Waals surface area contributed by atoms with Crippen molar-refractivity contribution in [2.24, 2.45) is 0 Å². The topological polar surface area (TPSA) is 98.7 Å². The average molecular weight is 347 g/mol. The Labute approximate surface area is 147 Å². The van der Waals surface area contributed by atoms with E-state index in [-0.39, 0.29) is 24.8 Å². The van der Waals surface area contributed by atoms with Crippen LogP contribution < -0.4 is 10.8 Å². The first kappa shape index (κ1) is 18.9. The van der Waals surface area contributed by atoms with Crippen molar-refractivity contribution in [1.29, 1.82) is 0 Å². The quantitative estimate of drug-likeness (QED) is 0.526. The molecule has 1 fully saturated rings. The number of nitrogens with one attached hydrogen (secondary N) is 2. The summed E-state index contributed by atoms with van der Waals surface area (Å²) in [6.45, 7) is 5.91. The molecule has 0 saturated carbocycles. The van der Waals surface area contributed by atoms with E-state index in [4.69, 9.17) is 5.21 Å². The third-order valence-corrected chi connectivity index (χ3v) is 4.86. The molecule has 0 spiro atoms. The molecule has 0 radical (unpaired) electrons. The van der Waals surface area contributed by atoms with E-state index in [1.54, 1.807) is 5.48 Å². The van der Waals surface area contributed by atoms with E-state index in [9.17, 15) is 14.4 Å². The molecule has 1 aliphatic heterocycles. The molecule has 136 valence electrons. The summed E-state index contributed by atoms with van der Waals surface area (Å²) in [5, 5.41) is 11.6. The minimum Gasteiger partial charge on any atom is -0.356 e. The number of amides is 3. The average Bonchev–Trinajstić information content (AvgIpc) is 2.88. The van der Waals surface area contributed by atoms with E-state index in [0.717, 1.165) is 11.1 Å². The molecule has 0 bridgehead atoms. The van der Waals surface area contributed by atoms with Gasteiger partial charge in [0.05, 0.1) is 5.41 Å². The maximum atomic E-state index is 13.0. The van der Waals surface area contributed by atoms with Crippen molar-refractivity contribution in [1.82, 2.24) is 15.7 Å². The first-order valence-electron chi connectivity index (χ1n) is 8.36. The summed E-state index contributed by atoms with van der Waals surface area (Å²) in [7, 11) is 0. The molecule has 3 N–H and O–H groups in total. The van der Waals surface area contributed by atoms with Gasteiger partial charge in [0.2, 0.25) is 11.8 Å². The van der Waals surface area contributed by atoms with Gasteiger partial charge in [0, 0.05) is 20.0 Å². The third-order valence-electron chi connectivity index (χ3n) is 4.86. The molecule has 1 aromatic carbocycles. The van der Waals surface area contributed by atoms with Gasteiger partial charge in [-0.25, -0.2) is 5.48 Å². The summed E-state index contributed by atoms with van der Waals surface area (Å²) in [6.07, 6.45) is 0.825. The number of hydrogen-bond donors (Lipinski definition) is 3. The molecule has 1 saturated heterocycles. The van der Waals surface area contributed by atoms with Gasteiger partial charge >= 0.3 is 0 Å². The lowest BCUT2D eigenvalue weighted by Crippen LogP contribution is -2.50. The van der Waals surface area contributed by atoms with Gasteiger partial charge in [0.25, 0.3) is 5.91 Å². The first-order chi connectivity index (χ1) is 11.8. The van der Waals surface area contributed by atoms with Crippen molar-refractivity contribution >= 4 is 17.7 Å². The monoisotopic (exact) mass is 347 g/mol. The number of hydroxylamine groups is 1. The Balaban J connectivity index is 2.19. The van der Waals surface area contributed by atoms with Crippen LogP contribution >= 0.6 is 0 Å². The standard InChI is InChI=1S/C18H25N3O4/c1-12-4-6-14(7-5-12)18(3)9-11-21(17(18)24)15(16(23)20-25)8-10-19-13(2)22/h4-7,15,25H,8-11H2,1-3H3,(H,19,22)(H,20,23). The van der Waals surface area contributed by atoms with Gasteiger partial charge in [0.1, 0.15) is 6.04 Å². The largest absolute Gasteiger partial charge is 0.356 e. The second-order valence-corrected chi connectivity index (χ2v) is 6.71. The highest BCUT2D eigenvalue weighted by Crippen LogP contribution is 2.36. The molecular weight excluding hydrogens is 322 g/mol. The maximum absolute atomic E-state index is 13.0. The smallest absolute Gasteiger partial charge is 0.266 e. The van der Waals surface area contributed by atoms with Crippen LogP contribution in [0.3, 0.4) is 0 Å². The Morgan fingerprint density at radius 1 is 1.32 bits per heavy atom. The lowest BCUT2D eigenvalue weighted by molar-refractivity contribution is -0.144. The zero-order valence-corrected chi connectivity index (χ0v) is 14.8. The van der Waals surface area contributed by atoms with Crippen molar-refractivity contribution in [3.63, 3.8) is 0 Å². The highest BCUT2D eigenvalue weighted by atomic mass is 16.5. The SMILES string of the molecule is CC(=O)NCCC(C(=O)NO)N1CCC(C)(c2ccc(C)cc2)C1=O. The van der Waals surface area contributed by atoms with E-state index >= 15 is 0 Å². The van der Waals surface area contributed by atoms with E-state index in [0.29, 0.717) is 13.0 Å². The number of rotatable bonds is 6. The fraction of sp³-hybridized carbons (Fsp3) is 0.500. The van der Waals surface area contributed by atoms with Gasteiger partial charge in [-0.15, -0.1) is 0 Å². The molecule has 2 rings (SSSR count). The molecule has 0 aliphatic carbocycles. The van der Waals surface area contributed by atoms with Gasteiger partial charge in [-0.2, -0.15) is 0 Å². The molecule has 2 unspecified atom stereocenters. The number of carbonyl (C=O) groups is 3.